The summed E-state index contributed by atoms with van der Waals surface area (Å²) in [5.41, 5.74) is 3.37. The minimum Gasteiger partial charge on any atom is -0.325 e. The van der Waals surface area contributed by atoms with Crippen molar-refractivity contribution in [3.05, 3.63) is 52.0 Å². The van der Waals surface area contributed by atoms with Crippen LogP contribution < -0.4 is 14.9 Å². The van der Waals surface area contributed by atoms with Gasteiger partial charge in [-0.1, -0.05) is 6.07 Å². The summed E-state index contributed by atoms with van der Waals surface area (Å²) in [5.74, 6) is -0.0168. The van der Waals surface area contributed by atoms with Crippen molar-refractivity contribution in [1.29, 1.82) is 0 Å². The fourth-order valence-corrected chi connectivity index (χ4v) is 5.32. The molecule has 2 N–H and O–H groups in total. The standard InChI is InChI=1S/C22H24BrN3O4S/c1-14-2-6-19(18(23)12-14)25-21(27)8-10-24-31(29,30)17-5-7-20-16(13-17)9-11-26(20)22(28)15-3-4-15/h2,5-7,12-13,15,24H,3-4,8-11H2,1H3,(H,25,27). The summed E-state index contributed by atoms with van der Waals surface area (Å²) in [7, 11) is -3.75. The Labute approximate surface area is 190 Å². The molecule has 4 rings (SSSR count). The lowest BCUT2D eigenvalue weighted by Crippen LogP contribution is -2.30. The molecule has 0 aromatic heterocycles. The molecule has 0 bridgehead atoms. The zero-order valence-electron chi connectivity index (χ0n) is 17.2. The predicted octanol–water partition coefficient (Wildman–Crippen LogP) is 3.36. The van der Waals surface area contributed by atoms with Gasteiger partial charge in [-0.05, 0) is 83.6 Å². The first-order valence-corrected chi connectivity index (χ1v) is 12.5. The van der Waals surface area contributed by atoms with Crippen LogP contribution in [0.2, 0.25) is 0 Å². The quantitative estimate of drug-likeness (QED) is 0.602. The van der Waals surface area contributed by atoms with E-state index in [1.807, 2.05) is 19.1 Å². The van der Waals surface area contributed by atoms with Gasteiger partial charge in [-0.2, -0.15) is 0 Å². The molecule has 1 fully saturated rings. The number of anilines is 2. The number of nitrogens with one attached hydrogen (secondary N) is 2. The van der Waals surface area contributed by atoms with Crippen LogP contribution >= 0.6 is 15.9 Å². The summed E-state index contributed by atoms with van der Waals surface area (Å²) in [6.07, 6.45) is 2.53. The topological polar surface area (TPSA) is 95.6 Å². The molecule has 164 valence electrons. The van der Waals surface area contributed by atoms with E-state index >= 15 is 0 Å². The Balaban J connectivity index is 1.35. The van der Waals surface area contributed by atoms with Crippen molar-refractivity contribution in [3.63, 3.8) is 0 Å². The molecular weight excluding hydrogens is 482 g/mol. The van der Waals surface area contributed by atoms with Crippen LogP contribution in [0.25, 0.3) is 0 Å². The number of benzene rings is 2. The molecule has 0 atom stereocenters. The van der Waals surface area contributed by atoms with Crippen molar-refractivity contribution in [2.45, 2.75) is 37.5 Å². The normalized spacial score (nSPS) is 15.6. The van der Waals surface area contributed by atoms with E-state index in [-0.39, 0.29) is 35.6 Å². The van der Waals surface area contributed by atoms with Crippen molar-refractivity contribution in [1.82, 2.24) is 4.72 Å². The summed E-state index contributed by atoms with van der Waals surface area (Å²) in [6, 6.07) is 10.4. The second kappa shape index (κ2) is 8.72. The lowest BCUT2D eigenvalue weighted by Gasteiger charge is -2.17. The Morgan fingerprint density at radius 3 is 2.65 bits per heavy atom. The second-order valence-corrected chi connectivity index (χ2v) is 10.6. The smallest absolute Gasteiger partial charge is 0.240 e. The Morgan fingerprint density at radius 1 is 1.16 bits per heavy atom. The number of nitrogens with zero attached hydrogens (tertiary/aromatic N) is 1. The van der Waals surface area contributed by atoms with Crippen molar-refractivity contribution >= 4 is 49.1 Å². The van der Waals surface area contributed by atoms with Gasteiger partial charge >= 0.3 is 0 Å². The average molecular weight is 506 g/mol. The van der Waals surface area contributed by atoms with Crippen molar-refractivity contribution in [2.75, 3.05) is 23.3 Å². The molecule has 31 heavy (non-hydrogen) atoms. The average Bonchev–Trinajstić information content (AvgIpc) is 3.48. The minimum absolute atomic E-state index is 0.00809. The molecule has 2 aromatic rings. The highest BCUT2D eigenvalue weighted by Gasteiger charge is 2.36. The number of sulfonamides is 1. The van der Waals surface area contributed by atoms with Crippen molar-refractivity contribution < 1.29 is 18.0 Å². The first kappa shape index (κ1) is 22.0. The predicted molar refractivity (Wildman–Crippen MR) is 123 cm³/mol. The number of rotatable bonds is 7. The van der Waals surface area contributed by atoms with Gasteiger partial charge in [0, 0.05) is 35.6 Å². The highest BCUT2D eigenvalue weighted by atomic mass is 79.9. The van der Waals surface area contributed by atoms with Crippen LogP contribution in [0.4, 0.5) is 11.4 Å². The molecule has 0 saturated heterocycles. The molecule has 0 spiro atoms. The largest absolute Gasteiger partial charge is 0.325 e. The van der Waals surface area contributed by atoms with E-state index in [0.29, 0.717) is 18.7 Å². The van der Waals surface area contributed by atoms with E-state index in [4.69, 9.17) is 0 Å². The highest BCUT2D eigenvalue weighted by molar-refractivity contribution is 9.10. The van der Waals surface area contributed by atoms with Crippen LogP contribution in [0.3, 0.4) is 0 Å². The third-order valence-corrected chi connectivity index (χ3v) is 7.61. The number of halogens is 1. The van der Waals surface area contributed by atoms with Crippen molar-refractivity contribution in [2.24, 2.45) is 5.92 Å². The number of carbonyl (C=O) groups excluding carboxylic acids is 2. The van der Waals surface area contributed by atoms with Gasteiger partial charge in [0.2, 0.25) is 21.8 Å². The van der Waals surface area contributed by atoms with Crippen LogP contribution in [0.1, 0.15) is 30.4 Å². The third-order valence-electron chi connectivity index (χ3n) is 5.49. The number of carbonyl (C=O) groups is 2. The summed E-state index contributed by atoms with van der Waals surface area (Å²) < 4.78 is 28.6. The Hall–Kier alpha value is -2.23. The zero-order chi connectivity index (χ0) is 22.2. The molecule has 0 radical (unpaired) electrons. The van der Waals surface area contributed by atoms with Crippen LogP contribution in [-0.2, 0) is 26.0 Å². The maximum absolute atomic E-state index is 12.7. The lowest BCUT2D eigenvalue weighted by atomic mass is 10.2. The van der Waals surface area contributed by atoms with Crippen LogP contribution in [0.5, 0.6) is 0 Å². The number of hydrogen-bond acceptors (Lipinski definition) is 4. The number of hydrogen-bond donors (Lipinski definition) is 2. The van der Waals surface area contributed by atoms with Gasteiger partial charge in [0.25, 0.3) is 0 Å². The third kappa shape index (κ3) is 4.99. The monoisotopic (exact) mass is 505 g/mol. The minimum atomic E-state index is -3.75. The fraction of sp³-hybridized carbons (Fsp3) is 0.364. The number of fused-ring (bicyclic) bond motifs is 1. The van der Waals surface area contributed by atoms with Crippen LogP contribution in [0.15, 0.2) is 45.8 Å². The second-order valence-electron chi connectivity index (χ2n) is 7.98. The van der Waals surface area contributed by atoms with Gasteiger partial charge in [0.1, 0.15) is 0 Å². The van der Waals surface area contributed by atoms with E-state index in [1.54, 1.807) is 23.1 Å². The maximum Gasteiger partial charge on any atom is 0.240 e. The van der Waals surface area contributed by atoms with E-state index in [1.165, 1.54) is 6.07 Å². The number of aryl methyl sites for hydroxylation is 1. The molecule has 7 nitrogen and oxygen atoms in total. The first-order chi connectivity index (χ1) is 14.7. The van der Waals surface area contributed by atoms with E-state index in [9.17, 15) is 18.0 Å². The Kier molecular flexibility index (Phi) is 6.18. The van der Waals surface area contributed by atoms with Gasteiger partial charge in [-0.3, -0.25) is 9.59 Å². The molecule has 2 aliphatic rings. The fourth-order valence-electron chi connectivity index (χ4n) is 3.64. The Bertz CT molecular complexity index is 1150. The molecule has 0 unspecified atom stereocenters. The van der Waals surface area contributed by atoms with Gasteiger partial charge in [-0.15, -0.1) is 0 Å². The summed E-state index contributed by atoms with van der Waals surface area (Å²) in [6.45, 7) is 2.53. The molecular formula is C22H24BrN3O4S. The molecule has 1 saturated carbocycles. The summed E-state index contributed by atoms with van der Waals surface area (Å²) in [4.78, 5) is 26.5. The lowest BCUT2D eigenvalue weighted by molar-refractivity contribution is -0.119. The summed E-state index contributed by atoms with van der Waals surface area (Å²) >= 11 is 3.40. The molecule has 2 aromatic carbocycles. The van der Waals surface area contributed by atoms with E-state index in [0.717, 1.165) is 34.1 Å². The van der Waals surface area contributed by atoms with Crippen molar-refractivity contribution in [3.8, 4) is 0 Å². The first-order valence-electron chi connectivity index (χ1n) is 10.2. The van der Waals surface area contributed by atoms with Crippen LogP contribution in [-0.4, -0.2) is 33.3 Å². The molecule has 1 heterocycles. The van der Waals surface area contributed by atoms with E-state index < -0.39 is 10.0 Å². The molecule has 1 aliphatic carbocycles. The number of amides is 2. The Morgan fingerprint density at radius 2 is 1.94 bits per heavy atom. The van der Waals surface area contributed by atoms with Gasteiger partial charge in [-0.25, -0.2) is 13.1 Å². The SMILES string of the molecule is Cc1ccc(NC(=O)CCNS(=O)(=O)c2ccc3c(c2)CCN3C(=O)C2CC2)c(Br)c1. The maximum atomic E-state index is 12.7. The van der Waals surface area contributed by atoms with Crippen LogP contribution in [0, 0.1) is 12.8 Å². The van der Waals surface area contributed by atoms with Gasteiger partial charge < -0.3 is 10.2 Å². The van der Waals surface area contributed by atoms with E-state index in [2.05, 4.69) is 26.0 Å². The highest BCUT2D eigenvalue weighted by Crippen LogP contribution is 2.37. The zero-order valence-corrected chi connectivity index (χ0v) is 19.6. The van der Waals surface area contributed by atoms with Gasteiger partial charge in [0.05, 0.1) is 10.6 Å². The molecule has 9 heteroatoms. The summed E-state index contributed by atoms with van der Waals surface area (Å²) in [5, 5.41) is 2.77. The van der Waals surface area contributed by atoms with Gasteiger partial charge in [0.15, 0.2) is 0 Å². The molecule has 1 aliphatic heterocycles. The molecule has 2 amide bonds.